The van der Waals surface area contributed by atoms with Gasteiger partial charge in [0.05, 0.1) is 25.9 Å². The molecule has 1 atom stereocenters. The fraction of sp³-hybridized carbons (Fsp3) is 0.360. The van der Waals surface area contributed by atoms with E-state index in [0.717, 1.165) is 16.7 Å². The molecule has 0 unspecified atom stereocenters. The first-order valence-electron chi connectivity index (χ1n) is 10.8. The molecule has 10 heteroatoms. The summed E-state index contributed by atoms with van der Waals surface area (Å²) in [5, 5.41) is 6.89. The number of halogens is 4. The molecule has 0 fully saturated rings. The first kappa shape index (κ1) is 27.8. The lowest BCUT2D eigenvalue weighted by molar-refractivity contribution is -0.122. The van der Waals surface area contributed by atoms with Crippen molar-refractivity contribution in [2.75, 3.05) is 18.6 Å². The lowest BCUT2D eigenvalue weighted by Crippen LogP contribution is -2.45. The molecular formula is C25H28F4N2O4. The zero-order valence-corrected chi connectivity index (χ0v) is 19.9. The Morgan fingerprint density at radius 1 is 1.23 bits per heavy atom. The van der Waals surface area contributed by atoms with Crippen LogP contribution in [0.15, 0.2) is 58.7 Å². The van der Waals surface area contributed by atoms with Gasteiger partial charge in [0.25, 0.3) is 6.47 Å². The Hall–Kier alpha value is -3.40. The van der Waals surface area contributed by atoms with E-state index in [1.54, 1.807) is 7.11 Å². The minimum atomic E-state index is -4.53. The van der Waals surface area contributed by atoms with E-state index in [0.29, 0.717) is 12.0 Å². The molecule has 1 N–H and O–H groups in total. The Morgan fingerprint density at radius 3 is 2.43 bits per heavy atom. The molecule has 190 valence electrons. The van der Waals surface area contributed by atoms with Crippen LogP contribution < -0.4 is 9.64 Å². The predicted molar refractivity (Wildman–Crippen MR) is 125 cm³/mol. The van der Waals surface area contributed by atoms with Gasteiger partial charge in [-0.3, -0.25) is 14.7 Å². The SMILES string of the molecule is CC[C@@H]1OCc2cc(F)ccc2N2C1=NCC(C)=C2C(F)(F)F.COc1ccccc1C.O=CO. The number of para-hydroxylation sites is 1. The van der Waals surface area contributed by atoms with Crippen LogP contribution >= 0.6 is 0 Å². The van der Waals surface area contributed by atoms with E-state index < -0.39 is 23.8 Å². The summed E-state index contributed by atoms with van der Waals surface area (Å²) in [6, 6.07) is 11.7. The molecule has 0 aromatic heterocycles. The zero-order chi connectivity index (χ0) is 26.2. The van der Waals surface area contributed by atoms with Crippen molar-refractivity contribution < 1.29 is 36.9 Å². The number of aliphatic imine (C=N–C) groups is 1. The highest BCUT2D eigenvalue weighted by Gasteiger charge is 2.45. The van der Waals surface area contributed by atoms with Gasteiger partial charge in [0.1, 0.15) is 29.2 Å². The normalized spacial score (nSPS) is 16.9. The molecule has 0 saturated heterocycles. The van der Waals surface area contributed by atoms with Crippen LogP contribution in [0.5, 0.6) is 5.75 Å². The van der Waals surface area contributed by atoms with Gasteiger partial charge in [-0.15, -0.1) is 0 Å². The molecule has 2 aliphatic heterocycles. The predicted octanol–water partition coefficient (Wildman–Crippen LogP) is 5.89. The summed E-state index contributed by atoms with van der Waals surface area (Å²) in [5.41, 5.74) is 1.21. The molecule has 0 radical (unpaired) electrons. The summed E-state index contributed by atoms with van der Waals surface area (Å²) in [5.74, 6) is 0.681. The zero-order valence-electron chi connectivity index (χ0n) is 19.9. The Kier molecular flexibility index (Phi) is 9.82. The maximum Gasteiger partial charge on any atom is 0.431 e. The number of rotatable bonds is 2. The van der Waals surface area contributed by atoms with Crippen molar-refractivity contribution in [1.82, 2.24) is 0 Å². The van der Waals surface area contributed by atoms with Gasteiger partial charge in [0.15, 0.2) is 0 Å². The van der Waals surface area contributed by atoms with Gasteiger partial charge in [-0.25, -0.2) is 4.39 Å². The molecular weight excluding hydrogens is 468 g/mol. The molecule has 2 aromatic rings. The van der Waals surface area contributed by atoms with E-state index in [1.807, 2.05) is 38.1 Å². The number of carboxylic acid groups (broad SMARTS) is 1. The van der Waals surface area contributed by atoms with Crippen molar-refractivity contribution in [3.05, 3.63) is 70.7 Å². The van der Waals surface area contributed by atoms with Gasteiger partial charge in [0.2, 0.25) is 0 Å². The van der Waals surface area contributed by atoms with Crippen molar-refractivity contribution >= 4 is 18.0 Å². The lowest BCUT2D eigenvalue weighted by Gasteiger charge is -2.35. The highest BCUT2D eigenvalue weighted by molar-refractivity contribution is 6.05. The number of methoxy groups -OCH3 is 1. The first-order chi connectivity index (χ1) is 16.6. The average Bonchev–Trinajstić information content (AvgIpc) is 2.95. The fourth-order valence-corrected chi connectivity index (χ4v) is 3.75. The fourth-order valence-electron chi connectivity index (χ4n) is 3.75. The molecule has 35 heavy (non-hydrogen) atoms. The van der Waals surface area contributed by atoms with Crippen LogP contribution in [0.25, 0.3) is 0 Å². The second-order valence-electron chi connectivity index (χ2n) is 7.69. The molecule has 4 rings (SSSR count). The summed E-state index contributed by atoms with van der Waals surface area (Å²) in [4.78, 5) is 13.7. The number of fused-ring (bicyclic) bond motifs is 3. The third kappa shape index (κ3) is 6.82. The van der Waals surface area contributed by atoms with Crippen molar-refractivity contribution in [2.45, 2.75) is 46.1 Å². The smallest absolute Gasteiger partial charge is 0.431 e. The van der Waals surface area contributed by atoms with Gasteiger partial charge < -0.3 is 14.6 Å². The number of benzene rings is 2. The van der Waals surface area contributed by atoms with Gasteiger partial charge in [0, 0.05) is 5.56 Å². The number of anilines is 1. The molecule has 0 amide bonds. The molecule has 0 bridgehead atoms. The Labute approximate surface area is 201 Å². The number of aryl methyl sites for hydroxylation is 1. The standard InChI is InChI=1S/C16H16F4N2O.C8H10O.CH2O2/c1-3-13-15-21-7-9(2)14(16(18,19)20)22(15)12-5-4-11(17)6-10(12)8-23-13;1-7-5-3-4-6-8(7)9-2;2-1-3/h4-6,13H,3,7-8H2,1-2H3;3-6H,1-2H3;1H,(H,2,3)/t13-;;/m0../s1. The van der Waals surface area contributed by atoms with Gasteiger partial charge >= 0.3 is 6.18 Å². The summed E-state index contributed by atoms with van der Waals surface area (Å²) in [6.45, 7) is 5.04. The largest absolute Gasteiger partial charge is 0.496 e. The highest BCUT2D eigenvalue weighted by atomic mass is 19.4. The lowest BCUT2D eigenvalue weighted by atomic mass is 10.1. The Morgan fingerprint density at radius 2 is 1.89 bits per heavy atom. The number of ether oxygens (including phenoxy) is 2. The number of hydrogen-bond donors (Lipinski definition) is 1. The number of amidine groups is 1. The quantitative estimate of drug-likeness (QED) is 0.415. The van der Waals surface area contributed by atoms with Crippen LogP contribution in [0.3, 0.4) is 0 Å². The molecule has 0 spiro atoms. The summed E-state index contributed by atoms with van der Waals surface area (Å²) < 4.78 is 65.1. The Bertz CT molecular complexity index is 1080. The molecule has 0 saturated carbocycles. The van der Waals surface area contributed by atoms with Gasteiger partial charge in [-0.1, -0.05) is 25.1 Å². The summed E-state index contributed by atoms with van der Waals surface area (Å²) in [6.07, 6.45) is -4.61. The number of alkyl halides is 3. The average molecular weight is 497 g/mol. The molecule has 6 nitrogen and oxygen atoms in total. The van der Waals surface area contributed by atoms with Crippen LogP contribution in [-0.2, 0) is 16.1 Å². The topological polar surface area (TPSA) is 71.4 Å². The molecule has 0 aliphatic carbocycles. The number of hydrogen-bond acceptors (Lipinski definition) is 5. The minimum absolute atomic E-state index is 0.0168. The van der Waals surface area contributed by atoms with E-state index in [4.69, 9.17) is 19.4 Å². The molecule has 2 aliphatic rings. The minimum Gasteiger partial charge on any atom is -0.496 e. The second-order valence-corrected chi connectivity index (χ2v) is 7.69. The third-order valence-electron chi connectivity index (χ3n) is 5.30. The summed E-state index contributed by atoms with van der Waals surface area (Å²) in [7, 11) is 1.68. The monoisotopic (exact) mass is 496 g/mol. The molecule has 2 heterocycles. The number of carbonyl (C=O) groups is 1. The van der Waals surface area contributed by atoms with Crippen LogP contribution in [0, 0.1) is 12.7 Å². The van der Waals surface area contributed by atoms with E-state index in [-0.39, 0.29) is 36.7 Å². The van der Waals surface area contributed by atoms with E-state index in [2.05, 4.69) is 4.99 Å². The van der Waals surface area contributed by atoms with Crippen molar-refractivity contribution in [2.24, 2.45) is 4.99 Å². The third-order valence-corrected chi connectivity index (χ3v) is 5.30. The van der Waals surface area contributed by atoms with E-state index in [9.17, 15) is 17.6 Å². The number of allylic oxidation sites excluding steroid dienone is 1. The van der Waals surface area contributed by atoms with Crippen LogP contribution in [0.2, 0.25) is 0 Å². The van der Waals surface area contributed by atoms with Crippen molar-refractivity contribution in [3.8, 4) is 5.75 Å². The Balaban J connectivity index is 0.000000299. The van der Waals surface area contributed by atoms with Crippen LogP contribution in [0.1, 0.15) is 31.4 Å². The number of nitrogens with zero attached hydrogens (tertiary/aromatic N) is 2. The summed E-state index contributed by atoms with van der Waals surface area (Å²) >= 11 is 0. The van der Waals surface area contributed by atoms with Gasteiger partial charge in [-0.05, 0) is 55.7 Å². The maximum absolute atomic E-state index is 13.6. The van der Waals surface area contributed by atoms with Gasteiger partial charge in [-0.2, -0.15) is 13.2 Å². The second kappa shape index (κ2) is 12.3. The van der Waals surface area contributed by atoms with Crippen molar-refractivity contribution in [3.63, 3.8) is 0 Å². The van der Waals surface area contributed by atoms with Crippen molar-refractivity contribution in [1.29, 1.82) is 0 Å². The van der Waals surface area contributed by atoms with E-state index >= 15 is 0 Å². The first-order valence-corrected chi connectivity index (χ1v) is 10.8. The molecule has 2 aromatic carbocycles. The maximum atomic E-state index is 13.6. The van der Waals surface area contributed by atoms with Crippen LogP contribution in [0.4, 0.5) is 23.2 Å². The van der Waals surface area contributed by atoms with Crippen LogP contribution in [-0.4, -0.2) is 43.3 Å². The highest BCUT2D eigenvalue weighted by Crippen LogP contribution is 2.40. The van der Waals surface area contributed by atoms with E-state index in [1.165, 1.54) is 24.6 Å².